The second-order valence-electron chi connectivity index (χ2n) is 8.38. The topological polar surface area (TPSA) is 51.4 Å². The third-order valence-corrected chi connectivity index (χ3v) is 6.16. The Hall–Kier alpha value is -3.57. The molecule has 1 saturated heterocycles. The number of amides is 1. The third kappa shape index (κ3) is 4.68. The molecule has 0 saturated carbocycles. The van der Waals surface area contributed by atoms with Crippen LogP contribution in [0.1, 0.15) is 11.1 Å². The molecular weight excluding hydrogens is 396 g/mol. The van der Waals surface area contributed by atoms with Gasteiger partial charge in [-0.15, -0.1) is 0 Å². The normalized spacial score (nSPS) is 14.6. The summed E-state index contributed by atoms with van der Waals surface area (Å²) in [6.45, 7) is 5.14. The summed E-state index contributed by atoms with van der Waals surface area (Å²) in [4.78, 5) is 20.7. The number of rotatable bonds is 6. The zero-order chi connectivity index (χ0) is 21.8. The van der Waals surface area contributed by atoms with E-state index in [-0.39, 0.29) is 5.91 Å². The number of para-hydroxylation sites is 1. The smallest absolute Gasteiger partial charge is 0.228 e. The zero-order valence-electron chi connectivity index (χ0n) is 18.1. The number of fused-ring (bicyclic) bond motifs is 1. The lowest BCUT2D eigenvalue weighted by molar-refractivity contribution is -0.115. The van der Waals surface area contributed by atoms with E-state index in [2.05, 4.69) is 62.6 Å². The Balaban J connectivity index is 1.14. The number of aromatic amines is 1. The molecule has 5 heteroatoms. The minimum Gasteiger partial charge on any atom is -0.369 e. The molecule has 0 aliphatic carbocycles. The predicted octanol–water partition coefficient (Wildman–Crippen LogP) is 4.67. The van der Waals surface area contributed by atoms with Crippen LogP contribution in [0, 0.1) is 0 Å². The molecule has 0 radical (unpaired) electrons. The Morgan fingerprint density at radius 2 is 1.56 bits per heavy atom. The van der Waals surface area contributed by atoms with E-state index in [1.807, 2.05) is 42.6 Å². The third-order valence-electron chi connectivity index (χ3n) is 6.16. The second kappa shape index (κ2) is 9.28. The summed E-state index contributed by atoms with van der Waals surface area (Å²) < 4.78 is 0. The molecule has 1 aliphatic rings. The van der Waals surface area contributed by atoms with Crippen LogP contribution in [-0.4, -0.2) is 42.0 Å². The largest absolute Gasteiger partial charge is 0.369 e. The van der Waals surface area contributed by atoms with Crippen LogP contribution in [0.15, 0.2) is 85.1 Å². The summed E-state index contributed by atoms with van der Waals surface area (Å²) in [5, 5.41) is 4.13. The summed E-state index contributed by atoms with van der Waals surface area (Å²) in [6, 6.07) is 26.9. The molecule has 1 aliphatic heterocycles. The number of benzene rings is 3. The van der Waals surface area contributed by atoms with Crippen molar-refractivity contribution in [2.75, 3.05) is 36.4 Å². The van der Waals surface area contributed by atoms with Crippen molar-refractivity contribution in [3.8, 4) is 0 Å². The first-order valence-electron chi connectivity index (χ1n) is 11.2. The number of piperazine rings is 1. The fourth-order valence-electron chi connectivity index (χ4n) is 4.42. The summed E-state index contributed by atoms with van der Waals surface area (Å²) in [5.41, 5.74) is 5.49. The van der Waals surface area contributed by atoms with Crippen molar-refractivity contribution in [1.82, 2.24) is 9.88 Å². The SMILES string of the molecule is O=C(Cc1c[nH]c2ccccc12)Nc1ccc(N2CCN(Cc3ccccc3)CC2)cc1. The molecule has 3 aromatic carbocycles. The first kappa shape index (κ1) is 20.3. The highest BCUT2D eigenvalue weighted by molar-refractivity contribution is 5.95. The number of nitrogens with zero attached hydrogens (tertiary/aromatic N) is 2. The summed E-state index contributed by atoms with van der Waals surface area (Å²) in [6.07, 6.45) is 2.28. The number of aromatic nitrogens is 1. The second-order valence-corrected chi connectivity index (χ2v) is 8.38. The molecule has 0 unspecified atom stereocenters. The monoisotopic (exact) mass is 424 g/mol. The van der Waals surface area contributed by atoms with Crippen LogP contribution in [0.25, 0.3) is 10.9 Å². The Morgan fingerprint density at radius 3 is 2.34 bits per heavy atom. The van der Waals surface area contributed by atoms with Gasteiger partial charge in [0.1, 0.15) is 0 Å². The highest BCUT2D eigenvalue weighted by Gasteiger charge is 2.17. The number of H-pyrrole nitrogens is 1. The van der Waals surface area contributed by atoms with Crippen LogP contribution < -0.4 is 10.2 Å². The van der Waals surface area contributed by atoms with Crippen molar-refractivity contribution < 1.29 is 4.79 Å². The molecule has 2 N–H and O–H groups in total. The minimum absolute atomic E-state index is 0.00275. The van der Waals surface area contributed by atoms with Gasteiger partial charge in [-0.25, -0.2) is 0 Å². The molecular formula is C27H28N4O. The van der Waals surface area contributed by atoms with Crippen molar-refractivity contribution in [3.05, 3.63) is 96.2 Å². The molecule has 1 aromatic heterocycles. The van der Waals surface area contributed by atoms with E-state index in [1.165, 1.54) is 11.3 Å². The zero-order valence-corrected chi connectivity index (χ0v) is 18.1. The lowest BCUT2D eigenvalue weighted by atomic mass is 10.1. The van der Waals surface area contributed by atoms with Gasteiger partial charge in [0.15, 0.2) is 0 Å². The molecule has 1 fully saturated rings. The van der Waals surface area contributed by atoms with Gasteiger partial charge in [-0.2, -0.15) is 0 Å². The van der Waals surface area contributed by atoms with Gasteiger partial charge in [-0.1, -0.05) is 48.5 Å². The van der Waals surface area contributed by atoms with Gasteiger partial charge in [-0.3, -0.25) is 9.69 Å². The van der Waals surface area contributed by atoms with Gasteiger partial charge < -0.3 is 15.2 Å². The average Bonchev–Trinajstić information content (AvgIpc) is 3.23. The van der Waals surface area contributed by atoms with E-state index in [1.54, 1.807) is 0 Å². The molecule has 5 rings (SSSR count). The van der Waals surface area contributed by atoms with Crippen molar-refractivity contribution in [3.63, 3.8) is 0 Å². The molecule has 32 heavy (non-hydrogen) atoms. The molecule has 4 aromatic rings. The maximum absolute atomic E-state index is 12.6. The van der Waals surface area contributed by atoms with Crippen LogP contribution in [0.4, 0.5) is 11.4 Å². The van der Waals surface area contributed by atoms with Gasteiger partial charge in [0, 0.05) is 61.2 Å². The highest BCUT2D eigenvalue weighted by Crippen LogP contribution is 2.22. The maximum Gasteiger partial charge on any atom is 0.228 e. The number of hydrogen-bond acceptors (Lipinski definition) is 3. The van der Waals surface area contributed by atoms with E-state index < -0.39 is 0 Å². The van der Waals surface area contributed by atoms with Crippen LogP contribution in [0.5, 0.6) is 0 Å². The Morgan fingerprint density at radius 1 is 0.844 bits per heavy atom. The fraction of sp³-hybridized carbons (Fsp3) is 0.222. The van der Waals surface area contributed by atoms with Crippen LogP contribution in [0.3, 0.4) is 0 Å². The van der Waals surface area contributed by atoms with Gasteiger partial charge in [0.05, 0.1) is 6.42 Å². The van der Waals surface area contributed by atoms with Crippen molar-refractivity contribution in [1.29, 1.82) is 0 Å². The first-order valence-corrected chi connectivity index (χ1v) is 11.2. The van der Waals surface area contributed by atoms with E-state index >= 15 is 0 Å². The minimum atomic E-state index is -0.00275. The molecule has 5 nitrogen and oxygen atoms in total. The lowest BCUT2D eigenvalue weighted by Gasteiger charge is -2.36. The Labute approximate surface area is 188 Å². The summed E-state index contributed by atoms with van der Waals surface area (Å²) >= 11 is 0. The van der Waals surface area contributed by atoms with Crippen LogP contribution >= 0.6 is 0 Å². The number of nitrogens with one attached hydrogen (secondary N) is 2. The Kier molecular flexibility index (Phi) is 5.90. The molecule has 162 valence electrons. The van der Waals surface area contributed by atoms with Gasteiger partial charge >= 0.3 is 0 Å². The summed E-state index contributed by atoms with van der Waals surface area (Å²) in [7, 11) is 0. The van der Waals surface area contributed by atoms with E-state index in [0.29, 0.717) is 6.42 Å². The van der Waals surface area contributed by atoms with Crippen LogP contribution in [-0.2, 0) is 17.8 Å². The van der Waals surface area contributed by atoms with Crippen LogP contribution in [0.2, 0.25) is 0 Å². The van der Waals surface area contributed by atoms with E-state index in [0.717, 1.165) is 54.9 Å². The number of carbonyl (C=O) groups excluding carboxylic acids is 1. The number of anilines is 2. The average molecular weight is 425 g/mol. The first-order chi connectivity index (χ1) is 15.7. The molecule has 0 spiro atoms. The molecule has 1 amide bonds. The number of carbonyl (C=O) groups is 1. The predicted molar refractivity (Wildman–Crippen MR) is 131 cm³/mol. The van der Waals surface area contributed by atoms with Gasteiger partial charge in [0.2, 0.25) is 5.91 Å². The standard InChI is InChI=1S/C27H28N4O/c32-27(18-22-19-28-26-9-5-4-8-25(22)26)29-23-10-12-24(13-11-23)31-16-14-30(15-17-31)20-21-6-2-1-3-7-21/h1-13,19,28H,14-18,20H2,(H,29,32). The molecule has 2 heterocycles. The van der Waals surface area contributed by atoms with Gasteiger partial charge in [-0.05, 0) is 41.5 Å². The quantitative estimate of drug-likeness (QED) is 0.473. The van der Waals surface area contributed by atoms with E-state index in [4.69, 9.17) is 0 Å². The van der Waals surface area contributed by atoms with Crippen molar-refractivity contribution in [2.45, 2.75) is 13.0 Å². The Bertz CT molecular complexity index is 1180. The van der Waals surface area contributed by atoms with Crippen molar-refractivity contribution >= 4 is 28.2 Å². The lowest BCUT2D eigenvalue weighted by Crippen LogP contribution is -2.45. The maximum atomic E-state index is 12.6. The van der Waals surface area contributed by atoms with E-state index in [9.17, 15) is 4.79 Å². The molecule has 0 atom stereocenters. The molecule has 0 bridgehead atoms. The van der Waals surface area contributed by atoms with Crippen molar-refractivity contribution in [2.24, 2.45) is 0 Å². The van der Waals surface area contributed by atoms with Gasteiger partial charge in [0.25, 0.3) is 0 Å². The summed E-state index contributed by atoms with van der Waals surface area (Å²) in [5.74, 6) is -0.00275. The fourth-order valence-corrected chi connectivity index (χ4v) is 4.42. The number of hydrogen-bond donors (Lipinski definition) is 2. The highest BCUT2D eigenvalue weighted by atomic mass is 16.1.